The van der Waals surface area contributed by atoms with Crippen molar-refractivity contribution in [2.24, 2.45) is 0 Å². The largest absolute Gasteiger partial charge is 0.297 e. The predicted molar refractivity (Wildman–Crippen MR) is 57.4 cm³/mol. The molecule has 3 nitrogen and oxygen atoms in total. The van der Waals surface area contributed by atoms with E-state index in [9.17, 15) is 17.2 Å². The predicted octanol–water partition coefficient (Wildman–Crippen LogP) is 2.50. The molecule has 6 heteroatoms. The van der Waals surface area contributed by atoms with E-state index in [1.165, 1.54) is 12.1 Å². The zero-order chi connectivity index (χ0) is 12.7. The minimum atomic E-state index is -4.09. The molecule has 0 aromatic heterocycles. The van der Waals surface area contributed by atoms with Crippen LogP contribution in [0.3, 0.4) is 0 Å². The highest BCUT2D eigenvalue weighted by molar-refractivity contribution is 7.86. The fourth-order valence-corrected chi connectivity index (χ4v) is 2.64. The molecule has 2 rings (SSSR count). The van der Waals surface area contributed by atoms with Gasteiger partial charge in [-0.3, -0.25) is 4.18 Å². The van der Waals surface area contributed by atoms with Crippen molar-refractivity contribution in [2.75, 3.05) is 0 Å². The Morgan fingerprint density at radius 3 is 2.29 bits per heavy atom. The number of hydrogen-bond acceptors (Lipinski definition) is 3. The van der Waals surface area contributed by atoms with Crippen LogP contribution < -0.4 is 0 Å². The lowest BCUT2D eigenvalue weighted by Gasteiger charge is -2.34. The minimum absolute atomic E-state index is 0.0676. The number of rotatable bonds is 3. The van der Waals surface area contributed by atoms with Gasteiger partial charge in [0.1, 0.15) is 6.10 Å². The highest BCUT2D eigenvalue weighted by Gasteiger charge is 2.51. The van der Waals surface area contributed by atoms with E-state index >= 15 is 0 Å². The first-order chi connectivity index (χ1) is 7.81. The maximum absolute atomic E-state index is 12.9. The van der Waals surface area contributed by atoms with Gasteiger partial charge in [-0.25, -0.2) is 8.78 Å². The summed E-state index contributed by atoms with van der Waals surface area (Å²) >= 11 is 0. The van der Waals surface area contributed by atoms with E-state index in [-0.39, 0.29) is 17.7 Å². The minimum Gasteiger partial charge on any atom is -0.257 e. The summed E-state index contributed by atoms with van der Waals surface area (Å²) in [7, 11) is -4.09. The fraction of sp³-hybridized carbons (Fsp3) is 0.455. The lowest BCUT2D eigenvalue weighted by atomic mass is 9.91. The van der Waals surface area contributed by atoms with Crippen molar-refractivity contribution in [3.63, 3.8) is 0 Å². The summed E-state index contributed by atoms with van der Waals surface area (Å²) in [5, 5.41) is 0. The van der Waals surface area contributed by atoms with E-state index in [0.29, 0.717) is 0 Å². The van der Waals surface area contributed by atoms with Gasteiger partial charge in [-0.15, -0.1) is 0 Å². The molecule has 0 aliphatic heterocycles. The zero-order valence-corrected chi connectivity index (χ0v) is 10.0. The third-order valence-corrected chi connectivity index (χ3v) is 4.10. The van der Waals surface area contributed by atoms with Crippen LogP contribution in [0.4, 0.5) is 8.78 Å². The Kier molecular flexibility index (Phi) is 2.95. The third-order valence-electron chi connectivity index (χ3n) is 2.76. The van der Waals surface area contributed by atoms with Gasteiger partial charge in [-0.1, -0.05) is 17.7 Å². The number of hydrogen-bond donors (Lipinski definition) is 0. The molecule has 0 bridgehead atoms. The van der Waals surface area contributed by atoms with Gasteiger partial charge in [0.2, 0.25) is 0 Å². The Bertz CT molecular complexity index is 508. The Hall–Kier alpha value is -1.01. The maximum atomic E-state index is 12.9. The van der Waals surface area contributed by atoms with Gasteiger partial charge in [-0.05, 0) is 25.5 Å². The first kappa shape index (κ1) is 12.4. The Morgan fingerprint density at radius 2 is 1.88 bits per heavy atom. The molecule has 94 valence electrons. The molecule has 1 aliphatic carbocycles. The molecule has 1 atom stereocenters. The van der Waals surface area contributed by atoms with Crippen LogP contribution in [-0.2, 0) is 14.3 Å². The lowest BCUT2D eigenvalue weighted by Crippen LogP contribution is -2.46. The van der Waals surface area contributed by atoms with Crippen molar-refractivity contribution in [3.05, 3.63) is 29.8 Å². The van der Waals surface area contributed by atoms with Crippen molar-refractivity contribution in [3.8, 4) is 0 Å². The van der Waals surface area contributed by atoms with Crippen LogP contribution in [-0.4, -0.2) is 20.4 Å². The highest BCUT2D eigenvalue weighted by Crippen LogP contribution is 2.41. The van der Waals surface area contributed by atoms with Gasteiger partial charge < -0.3 is 0 Å². The smallest absolute Gasteiger partial charge is 0.257 e. The molecule has 0 spiro atoms. The van der Waals surface area contributed by atoms with E-state index in [1.807, 2.05) is 0 Å². The first-order valence-corrected chi connectivity index (χ1v) is 6.60. The Morgan fingerprint density at radius 1 is 1.29 bits per heavy atom. The van der Waals surface area contributed by atoms with Crippen LogP contribution >= 0.6 is 0 Å². The van der Waals surface area contributed by atoms with Crippen molar-refractivity contribution < 1.29 is 21.4 Å². The van der Waals surface area contributed by atoms with Gasteiger partial charge in [0.15, 0.2) is 0 Å². The number of halogens is 2. The van der Waals surface area contributed by atoms with Crippen LogP contribution in [0.2, 0.25) is 0 Å². The van der Waals surface area contributed by atoms with Gasteiger partial charge >= 0.3 is 0 Å². The molecule has 0 radical (unpaired) electrons. The quantitative estimate of drug-likeness (QED) is 0.786. The van der Waals surface area contributed by atoms with Crippen molar-refractivity contribution in [1.29, 1.82) is 0 Å². The van der Waals surface area contributed by atoms with Crippen LogP contribution in [0.1, 0.15) is 18.4 Å². The molecule has 1 fully saturated rings. The first-order valence-electron chi connectivity index (χ1n) is 5.19. The van der Waals surface area contributed by atoms with E-state index < -0.39 is 22.1 Å². The van der Waals surface area contributed by atoms with Crippen molar-refractivity contribution in [2.45, 2.75) is 36.7 Å². The molecule has 17 heavy (non-hydrogen) atoms. The van der Waals surface area contributed by atoms with Gasteiger partial charge in [0, 0.05) is 6.42 Å². The summed E-state index contributed by atoms with van der Waals surface area (Å²) in [6.45, 7) is 1.80. The molecule has 1 saturated carbocycles. The molecular weight excluding hydrogens is 250 g/mol. The summed E-state index contributed by atoms with van der Waals surface area (Å²) in [6.07, 6.45) is -1.77. The van der Waals surface area contributed by atoms with Crippen LogP contribution in [0, 0.1) is 6.92 Å². The van der Waals surface area contributed by atoms with Crippen LogP contribution in [0.25, 0.3) is 0 Å². The Labute approximate surface area is 98.5 Å². The summed E-state index contributed by atoms with van der Waals surface area (Å²) < 4.78 is 53.7. The summed E-state index contributed by atoms with van der Waals surface area (Å²) in [4.78, 5) is -0.0919. The SMILES string of the molecule is Cc1ccc(S(=O)(=O)OC2CCC2(F)F)cc1. The molecule has 0 N–H and O–H groups in total. The highest BCUT2D eigenvalue weighted by atomic mass is 32.2. The second-order valence-corrected chi connectivity index (χ2v) is 5.72. The van der Waals surface area contributed by atoms with Gasteiger partial charge in [0.25, 0.3) is 16.0 Å². The molecule has 0 heterocycles. The molecule has 0 amide bonds. The normalized spacial score (nSPS) is 23.1. The molecular formula is C11H12F2O3S. The molecule has 1 aromatic carbocycles. The number of alkyl halides is 2. The van der Waals surface area contributed by atoms with Gasteiger partial charge in [0.05, 0.1) is 4.90 Å². The second-order valence-electron chi connectivity index (χ2n) is 4.15. The van der Waals surface area contributed by atoms with E-state index in [4.69, 9.17) is 0 Å². The summed E-state index contributed by atoms with van der Waals surface area (Å²) in [6, 6.07) is 5.88. The van der Waals surface area contributed by atoms with Crippen LogP contribution in [0.15, 0.2) is 29.2 Å². The van der Waals surface area contributed by atoms with E-state index in [1.54, 1.807) is 19.1 Å². The van der Waals surface area contributed by atoms with Gasteiger partial charge in [-0.2, -0.15) is 8.42 Å². The third kappa shape index (κ3) is 2.47. The topological polar surface area (TPSA) is 43.4 Å². The lowest BCUT2D eigenvalue weighted by molar-refractivity contribution is -0.161. The molecule has 1 unspecified atom stereocenters. The summed E-state index contributed by atoms with van der Waals surface area (Å²) in [5.74, 6) is -3.03. The number of benzene rings is 1. The fourth-order valence-electron chi connectivity index (χ4n) is 1.51. The van der Waals surface area contributed by atoms with Crippen LogP contribution in [0.5, 0.6) is 0 Å². The van der Waals surface area contributed by atoms with E-state index in [0.717, 1.165) is 5.56 Å². The standard InChI is InChI=1S/C11H12F2O3S/c1-8-2-4-9(5-3-8)17(14,15)16-10-6-7-11(10,12)13/h2-5,10H,6-7H2,1H3. The monoisotopic (exact) mass is 262 g/mol. The zero-order valence-electron chi connectivity index (χ0n) is 9.19. The molecule has 0 saturated heterocycles. The molecule has 1 aliphatic rings. The second kappa shape index (κ2) is 4.03. The summed E-state index contributed by atoms with van der Waals surface area (Å²) in [5.41, 5.74) is 0.887. The Balaban J connectivity index is 2.17. The average Bonchev–Trinajstić information content (AvgIpc) is 2.25. The van der Waals surface area contributed by atoms with E-state index in [2.05, 4.69) is 4.18 Å². The number of aryl methyl sites for hydroxylation is 1. The van der Waals surface area contributed by atoms with Crippen molar-refractivity contribution in [1.82, 2.24) is 0 Å². The van der Waals surface area contributed by atoms with Crippen molar-refractivity contribution >= 4 is 10.1 Å². The molecule has 1 aromatic rings. The average molecular weight is 262 g/mol. The maximum Gasteiger partial charge on any atom is 0.297 e.